The van der Waals surface area contributed by atoms with E-state index < -0.39 is 6.10 Å². The number of nitrogens with zero attached hydrogens (tertiary/aromatic N) is 2. The standard InChI is InChI=1S/C13H15N3O2/c1-15-12-5-3-2-4-11(12)13(17)16-6-7-18-10(8-14)9-16/h2-5,10,15H,6-7,9H2,1H3. The number of para-hydroxylation sites is 1. The molecule has 1 heterocycles. The number of nitrogens with one attached hydrogen (secondary N) is 1. The monoisotopic (exact) mass is 245 g/mol. The predicted octanol–water partition coefficient (Wildman–Crippen LogP) is 1.09. The lowest BCUT2D eigenvalue weighted by Crippen LogP contribution is -2.45. The highest BCUT2D eigenvalue weighted by atomic mass is 16.5. The molecule has 1 aromatic rings. The first-order valence-electron chi connectivity index (χ1n) is 5.83. The normalized spacial score (nSPS) is 19.1. The molecule has 5 nitrogen and oxygen atoms in total. The maximum absolute atomic E-state index is 12.4. The van der Waals surface area contributed by atoms with Crippen LogP contribution in [-0.4, -0.2) is 43.7 Å². The summed E-state index contributed by atoms with van der Waals surface area (Å²) in [4.78, 5) is 14.0. The van der Waals surface area contributed by atoms with Crippen molar-refractivity contribution in [2.24, 2.45) is 0 Å². The smallest absolute Gasteiger partial charge is 0.256 e. The highest BCUT2D eigenvalue weighted by Gasteiger charge is 2.25. The first-order chi connectivity index (χ1) is 8.76. The van der Waals surface area contributed by atoms with Crippen LogP contribution in [0.25, 0.3) is 0 Å². The number of benzene rings is 1. The van der Waals surface area contributed by atoms with Gasteiger partial charge in [-0.2, -0.15) is 5.26 Å². The molecule has 0 aromatic heterocycles. The van der Waals surface area contributed by atoms with Crippen LogP contribution in [0.4, 0.5) is 5.69 Å². The van der Waals surface area contributed by atoms with Crippen molar-refractivity contribution in [1.82, 2.24) is 4.90 Å². The number of amides is 1. The minimum absolute atomic E-state index is 0.0662. The van der Waals surface area contributed by atoms with Crippen LogP contribution in [-0.2, 0) is 4.74 Å². The third-order valence-electron chi connectivity index (χ3n) is 2.92. The molecule has 1 unspecified atom stereocenters. The van der Waals surface area contributed by atoms with Crippen molar-refractivity contribution in [2.75, 3.05) is 32.1 Å². The lowest BCUT2D eigenvalue weighted by Gasteiger charge is -2.30. The van der Waals surface area contributed by atoms with E-state index in [1.54, 1.807) is 18.0 Å². The zero-order valence-corrected chi connectivity index (χ0v) is 10.2. The number of hydrogen-bond acceptors (Lipinski definition) is 4. The summed E-state index contributed by atoms with van der Waals surface area (Å²) in [6.45, 7) is 1.26. The Morgan fingerprint density at radius 2 is 2.33 bits per heavy atom. The Morgan fingerprint density at radius 1 is 1.56 bits per heavy atom. The minimum atomic E-state index is -0.524. The van der Waals surface area contributed by atoms with Gasteiger partial charge in [-0.3, -0.25) is 4.79 Å². The second-order valence-electron chi connectivity index (χ2n) is 4.04. The van der Waals surface area contributed by atoms with Crippen molar-refractivity contribution >= 4 is 11.6 Å². The van der Waals surface area contributed by atoms with Crippen LogP contribution in [0, 0.1) is 11.3 Å². The predicted molar refractivity (Wildman–Crippen MR) is 67.2 cm³/mol. The van der Waals surface area contributed by atoms with E-state index in [1.165, 1.54) is 0 Å². The number of carbonyl (C=O) groups excluding carboxylic acids is 1. The molecule has 0 aliphatic carbocycles. The lowest BCUT2D eigenvalue weighted by molar-refractivity contribution is 0.00351. The number of anilines is 1. The summed E-state index contributed by atoms with van der Waals surface area (Å²) in [5.74, 6) is -0.0662. The Balaban J connectivity index is 2.18. The average Bonchev–Trinajstić information content (AvgIpc) is 2.46. The number of morpholine rings is 1. The molecule has 1 amide bonds. The van der Waals surface area contributed by atoms with Gasteiger partial charge in [-0.15, -0.1) is 0 Å². The molecule has 1 saturated heterocycles. The van der Waals surface area contributed by atoms with Gasteiger partial charge in [-0.05, 0) is 12.1 Å². The largest absolute Gasteiger partial charge is 0.387 e. The summed E-state index contributed by atoms with van der Waals surface area (Å²) in [6.07, 6.45) is -0.524. The molecule has 1 aliphatic rings. The van der Waals surface area contributed by atoms with E-state index in [0.29, 0.717) is 25.3 Å². The van der Waals surface area contributed by atoms with Crippen molar-refractivity contribution in [1.29, 1.82) is 5.26 Å². The van der Waals surface area contributed by atoms with Gasteiger partial charge in [0.2, 0.25) is 0 Å². The molecule has 18 heavy (non-hydrogen) atoms. The second-order valence-corrected chi connectivity index (χ2v) is 4.04. The van der Waals surface area contributed by atoms with Gasteiger partial charge >= 0.3 is 0 Å². The Bertz CT molecular complexity index is 481. The van der Waals surface area contributed by atoms with Gasteiger partial charge in [0.1, 0.15) is 0 Å². The molecule has 0 radical (unpaired) electrons. The van der Waals surface area contributed by atoms with Crippen molar-refractivity contribution in [2.45, 2.75) is 6.10 Å². The van der Waals surface area contributed by atoms with Gasteiger partial charge in [-0.25, -0.2) is 0 Å². The maximum Gasteiger partial charge on any atom is 0.256 e. The quantitative estimate of drug-likeness (QED) is 0.847. The molecule has 1 aromatic carbocycles. The molecule has 0 saturated carbocycles. The molecule has 94 valence electrons. The zero-order chi connectivity index (χ0) is 13.0. The maximum atomic E-state index is 12.4. The molecule has 0 spiro atoms. The number of nitriles is 1. The van der Waals surface area contributed by atoms with Crippen LogP contribution in [0.5, 0.6) is 0 Å². The molecule has 2 rings (SSSR count). The number of rotatable bonds is 2. The van der Waals surface area contributed by atoms with Crippen LogP contribution in [0.3, 0.4) is 0 Å². The lowest BCUT2D eigenvalue weighted by atomic mass is 10.1. The molecule has 5 heteroatoms. The van der Waals surface area contributed by atoms with Gasteiger partial charge in [0.15, 0.2) is 6.10 Å². The summed E-state index contributed by atoms with van der Waals surface area (Å²) in [7, 11) is 1.78. The van der Waals surface area contributed by atoms with Crippen LogP contribution < -0.4 is 5.32 Å². The molecular formula is C13H15N3O2. The average molecular weight is 245 g/mol. The number of carbonyl (C=O) groups is 1. The highest BCUT2D eigenvalue weighted by Crippen LogP contribution is 2.18. The third kappa shape index (κ3) is 2.44. The first-order valence-corrected chi connectivity index (χ1v) is 5.83. The molecule has 0 bridgehead atoms. The van der Waals surface area contributed by atoms with E-state index >= 15 is 0 Å². The fraction of sp³-hybridized carbons (Fsp3) is 0.385. The molecule has 1 aliphatic heterocycles. The summed E-state index contributed by atoms with van der Waals surface area (Å²) in [5, 5.41) is 11.8. The minimum Gasteiger partial charge on any atom is -0.387 e. The summed E-state index contributed by atoms with van der Waals surface area (Å²) in [6, 6.07) is 9.38. The fourth-order valence-corrected chi connectivity index (χ4v) is 1.97. The van der Waals surface area contributed by atoms with Gasteiger partial charge in [0, 0.05) is 19.3 Å². The van der Waals surface area contributed by atoms with Crippen molar-refractivity contribution in [3.05, 3.63) is 29.8 Å². The van der Waals surface area contributed by atoms with E-state index in [1.807, 2.05) is 24.3 Å². The summed E-state index contributed by atoms with van der Waals surface area (Å²) in [5.41, 5.74) is 1.42. The van der Waals surface area contributed by atoms with E-state index in [-0.39, 0.29) is 5.91 Å². The Hall–Kier alpha value is -2.06. The van der Waals surface area contributed by atoms with Crippen LogP contribution in [0.2, 0.25) is 0 Å². The van der Waals surface area contributed by atoms with E-state index in [2.05, 4.69) is 5.32 Å². The SMILES string of the molecule is CNc1ccccc1C(=O)N1CCOC(C#N)C1. The van der Waals surface area contributed by atoms with E-state index in [0.717, 1.165) is 5.69 Å². The number of ether oxygens (including phenoxy) is 1. The Morgan fingerprint density at radius 3 is 3.06 bits per heavy atom. The van der Waals surface area contributed by atoms with E-state index in [4.69, 9.17) is 10.00 Å². The second kappa shape index (κ2) is 5.52. The van der Waals surface area contributed by atoms with Gasteiger partial charge < -0.3 is 15.0 Å². The number of hydrogen-bond donors (Lipinski definition) is 1. The van der Waals surface area contributed by atoms with Gasteiger partial charge in [0.25, 0.3) is 5.91 Å². The summed E-state index contributed by atoms with van der Waals surface area (Å²) < 4.78 is 5.23. The Labute approximate surface area is 106 Å². The topological polar surface area (TPSA) is 65.4 Å². The van der Waals surface area contributed by atoms with Crippen molar-refractivity contribution in [3.63, 3.8) is 0 Å². The van der Waals surface area contributed by atoms with Crippen molar-refractivity contribution < 1.29 is 9.53 Å². The van der Waals surface area contributed by atoms with Gasteiger partial charge in [0.05, 0.1) is 24.8 Å². The highest BCUT2D eigenvalue weighted by molar-refractivity contribution is 5.99. The van der Waals surface area contributed by atoms with Crippen LogP contribution in [0.1, 0.15) is 10.4 Å². The van der Waals surface area contributed by atoms with Crippen molar-refractivity contribution in [3.8, 4) is 6.07 Å². The summed E-state index contributed by atoms with van der Waals surface area (Å²) >= 11 is 0. The van der Waals surface area contributed by atoms with Crippen LogP contribution >= 0.6 is 0 Å². The van der Waals surface area contributed by atoms with Gasteiger partial charge in [-0.1, -0.05) is 12.1 Å². The fourth-order valence-electron chi connectivity index (χ4n) is 1.97. The molecule has 1 fully saturated rings. The van der Waals surface area contributed by atoms with E-state index in [9.17, 15) is 4.79 Å². The third-order valence-corrected chi connectivity index (χ3v) is 2.92. The molecular weight excluding hydrogens is 230 g/mol. The zero-order valence-electron chi connectivity index (χ0n) is 10.2. The first kappa shape index (κ1) is 12.4. The molecule has 1 N–H and O–H groups in total. The Kier molecular flexibility index (Phi) is 3.80. The van der Waals surface area contributed by atoms with Crippen LogP contribution in [0.15, 0.2) is 24.3 Å². The molecule has 1 atom stereocenters.